The van der Waals surface area contributed by atoms with Crippen molar-refractivity contribution in [1.29, 1.82) is 0 Å². The fourth-order valence-electron chi connectivity index (χ4n) is 1.23. The van der Waals surface area contributed by atoms with Crippen LogP contribution >= 0.6 is 0 Å². The Balaban J connectivity index is 0.00000121. The first-order valence-electron chi connectivity index (χ1n) is 4.18. The van der Waals surface area contributed by atoms with Crippen LogP contribution in [0.1, 0.15) is 13.8 Å². The molecule has 1 aromatic carbocycles. The molecule has 0 aromatic heterocycles. The quantitative estimate of drug-likeness (QED) is 0.631. The third kappa shape index (κ3) is 3.18. The molecule has 0 heterocycles. The van der Waals surface area contributed by atoms with E-state index in [0.29, 0.717) is 0 Å². The van der Waals surface area contributed by atoms with Crippen molar-refractivity contribution < 1.29 is 0 Å². The molecule has 0 saturated carbocycles. The molecule has 0 unspecified atom stereocenters. The van der Waals surface area contributed by atoms with E-state index in [2.05, 4.69) is 43.0 Å². The molecule has 0 aliphatic carbocycles. The van der Waals surface area contributed by atoms with Crippen molar-refractivity contribution in [3.8, 4) is 0 Å². The average molecular weight is 172 g/mol. The van der Waals surface area contributed by atoms with Crippen LogP contribution in [0.25, 0.3) is 0 Å². The number of anilines is 1. The van der Waals surface area contributed by atoms with Gasteiger partial charge in [0.05, 0.1) is 0 Å². The first-order chi connectivity index (χ1) is 5.38. The molecule has 2 heteroatoms. The topological polar surface area (TPSA) is 3.24 Å². The molecule has 1 radical (unpaired) electrons. The summed E-state index contributed by atoms with van der Waals surface area (Å²) in [7, 11) is 0. The number of hydrogen-bond donors (Lipinski definition) is 0. The minimum absolute atomic E-state index is 0. The summed E-state index contributed by atoms with van der Waals surface area (Å²) >= 11 is 0. The Bertz CT molecular complexity index is 194. The van der Waals surface area contributed by atoms with E-state index in [0.717, 1.165) is 13.1 Å². The van der Waals surface area contributed by atoms with Gasteiger partial charge in [0.25, 0.3) is 0 Å². The Kier molecular flexibility index (Phi) is 6.54. The normalized spacial score (nSPS) is 8.83. The largest absolute Gasteiger partial charge is 0.372 e. The van der Waals surface area contributed by atoms with Crippen LogP contribution in [0, 0.1) is 0 Å². The molecule has 0 N–H and O–H groups in total. The summed E-state index contributed by atoms with van der Waals surface area (Å²) in [5.41, 5.74) is 1.32. The van der Waals surface area contributed by atoms with E-state index in [1.807, 2.05) is 6.07 Å². The molecular weight excluding hydrogens is 157 g/mol. The first kappa shape index (κ1) is 12.0. The maximum absolute atomic E-state index is 2.33. The third-order valence-electron chi connectivity index (χ3n) is 1.88. The van der Waals surface area contributed by atoms with Gasteiger partial charge in [-0.2, -0.15) is 0 Å². The van der Waals surface area contributed by atoms with Crippen molar-refractivity contribution in [1.82, 2.24) is 0 Å². The molecule has 0 amide bonds. The van der Waals surface area contributed by atoms with Crippen molar-refractivity contribution in [2.45, 2.75) is 13.8 Å². The number of rotatable bonds is 3. The predicted octanol–water partition coefficient (Wildman–Crippen LogP) is 2.15. The Hall–Kier alpha value is 0.0200. The van der Waals surface area contributed by atoms with Crippen LogP contribution in [0.3, 0.4) is 0 Å². The van der Waals surface area contributed by atoms with Crippen LogP contribution in [-0.2, 0) is 0 Å². The summed E-state index contributed by atoms with van der Waals surface area (Å²) in [4.78, 5) is 2.33. The first-order valence-corrected chi connectivity index (χ1v) is 4.18. The number of hydrogen-bond acceptors (Lipinski definition) is 1. The minimum Gasteiger partial charge on any atom is -0.372 e. The van der Waals surface area contributed by atoms with Gasteiger partial charge < -0.3 is 4.90 Å². The molecule has 12 heavy (non-hydrogen) atoms. The zero-order valence-corrected chi connectivity index (χ0v) is 10.2. The summed E-state index contributed by atoms with van der Waals surface area (Å²) in [6.07, 6.45) is 0. The van der Waals surface area contributed by atoms with Gasteiger partial charge in [-0.05, 0) is 26.0 Å². The van der Waals surface area contributed by atoms with Crippen molar-refractivity contribution in [3.63, 3.8) is 0 Å². The monoisotopic (exact) mass is 172 g/mol. The molecule has 0 saturated heterocycles. The summed E-state index contributed by atoms with van der Waals surface area (Å²) in [5, 5.41) is 0. The van der Waals surface area contributed by atoms with Crippen LogP contribution in [0.2, 0.25) is 0 Å². The molecule has 0 aliphatic rings. The average Bonchev–Trinajstić information content (AvgIpc) is 2.09. The zero-order valence-electron chi connectivity index (χ0n) is 8.25. The minimum atomic E-state index is 0. The van der Waals surface area contributed by atoms with Gasteiger partial charge in [-0.25, -0.2) is 0 Å². The number of nitrogens with zero attached hydrogens (tertiary/aromatic N) is 1. The van der Waals surface area contributed by atoms with E-state index in [-0.39, 0.29) is 29.6 Å². The molecule has 61 valence electrons. The van der Waals surface area contributed by atoms with Gasteiger partial charge in [-0.1, -0.05) is 18.2 Å². The van der Waals surface area contributed by atoms with Crippen LogP contribution in [-0.4, -0.2) is 42.6 Å². The van der Waals surface area contributed by atoms with Gasteiger partial charge in [-0.15, -0.1) is 0 Å². The fraction of sp³-hybridized carbons (Fsp3) is 0.400. The van der Waals surface area contributed by atoms with E-state index in [4.69, 9.17) is 0 Å². The summed E-state index contributed by atoms with van der Waals surface area (Å²) < 4.78 is 0. The number of benzene rings is 1. The maximum atomic E-state index is 2.33. The summed E-state index contributed by atoms with van der Waals surface area (Å²) in [6, 6.07) is 10.5. The number of para-hydroxylation sites is 1. The van der Waals surface area contributed by atoms with Gasteiger partial charge in [0, 0.05) is 48.3 Å². The van der Waals surface area contributed by atoms with E-state index in [9.17, 15) is 0 Å². The smallest absolute Gasteiger partial charge is 0.0365 e. The van der Waals surface area contributed by atoms with Crippen LogP contribution in [0.4, 0.5) is 5.69 Å². The second-order valence-corrected chi connectivity index (χ2v) is 2.51. The molecule has 0 bridgehead atoms. The Labute approximate surface area is 97.1 Å². The molecular formula is C10H15NNa. The maximum Gasteiger partial charge on any atom is 0.0365 e. The molecule has 0 aliphatic heterocycles. The Morgan fingerprint density at radius 3 is 1.92 bits per heavy atom. The van der Waals surface area contributed by atoms with Crippen molar-refractivity contribution in [3.05, 3.63) is 30.3 Å². The molecule has 0 spiro atoms. The van der Waals surface area contributed by atoms with Gasteiger partial charge >= 0.3 is 0 Å². The molecule has 1 aromatic rings. The second-order valence-electron chi connectivity index (χ2n) is 2.51. The van der Waals surface area contributed by atoms with E-state index >= 15 is 0 Å². The van der Waals surface area contributed by atoms with E-state index in [1.165, 1.54) is 5.69 Å². The SMILES string of the molecule is CCN(CC)c1ccccc1.[Na]. The van der Waals surface area contributed by atoms with Gasteiger partial charge in [0.15, 0.2) is 0 Å². The summed E-state index contributed by atoms with van der Waals surface area (Å²) in [6.45, 7) is 6.52. The fourth-order valence-corrected chi connectivity index (χ4v) is 1.23. The molecule has 0 atom stereocenters. The summed E-state index contributed by atoms with van der Waals surface area (Å²) in [5.74, 6) is 0. The van der Waals surface area contributed by atoms with Gasteiger partial charge in [0.1, 0.15) is 0 Å². The van der Waals surface area contributed by atoms with Crippen molar-refractivity contribution >= 4 is 35.2 Å². The van der Waals surface area contributed by atoms with Crippen LogP contribution in [0.5, 0.6) is 0 Å². The third-order valence-corrected chi connectivity index (χ3v) is 1.88. The second kappa shape index (κ2) is 6.53. The van der Waals surface area contributed by atoms with Gasteiger partial charge in [0.2, 0.25) is 0 Å². The Morgan fingerprint density at radius 1 is 1.00 bits per heavy atom. The molecule has 1 nitrogen and oxygen atoms in total. The molecule has 0 fully saturated rings. The molecule has 1 rings (SSSR count). The van der Waals surface area contributed by atoms with Gasteiger partial charge in [-0.3, -0.25) is 0 Å². The standard InChI is InChI=1S/C10H15N.Na/c1-3-11(4-2)10-8-6-5-7-9-10;/h5-9H,3-4H2,1-2H3;. The van der Waals surface area contributed by atoms with Crippen LogP contribution in [0.15, 0.2) is 30.3 Å². The van der Waals surface area contributed by atoms with E-state index < -0.39 is 0 Å². The zero-order chi connectivity index (χ0) is 8.10. The Morgan fingerprint density at radius 2 is 1.50 bits per heavy atom. The predicted molar refractivity (Wildman–Crippen MR) is 55.8 cm³/mol. The van der Waals surface area contributed by atoms with Crippen molar-refractivity contribution in [2.24, 2.45) is 0 Å². The van der Waals surface area contributed by atoms with Crippen molar-refractivity contribution in [2.75, 3.05) is 18.0 Å². The van der Waals surface area contributed by atoms with E-state index in [1.54, 1.807) is 0 Å². The van der Waals surface area contributed by atoms with Crippen LogP contribution < -0.4 is 4.90 Å².